The SMILES string of the molecule is CCCC[C@@H](C(=O)N[C@@H](CC(C)C)C(=O)N[C@@H](CSCC(N)=O)C(=O)NCC(N)=O)N(C)C. The van der Waals surface area contributed by atoms with E-state index in [0.29, 0.717) is 12.8 Å². The molecule has 0 radical (unpaired) electrons. The third kappa shape index (κ3) is 13.7. The fraction of sp³-hybridized carbons (Fsp3) is 0.762. The summed E-state index contributed by atoms with van der Waals surface area (Å²) < 4.78 is 0. The van der Waals surface area contributed by atoms with E-state index < -0.39 is 35.7 Å². The zero-order valence-electron chi connectivity index (χ0n) is 20.3. The van der Waals surface area contributed by atoms with Gasteiger partial charge in [-0.3, -0.25) is 28.9 Å². The summed E-state index contributed by atoms with van der Waals surface area (Å²) in [6, 6.07) is -2.28. The Morgan fingerprint density at radius 1 is 0.909 bits per heavy atom. The average molecular weight is 489 g/mol. The minimum absolute atomic E-state index is 0.0381. The summed E-state index contributed by atoms with van der Waals surface area (Å²) in [6.45, 7) is 5.50. The number of carbonyl (C=O) groups excluding carboxylic acids is 5. The molecule has 33 heavy (non-hydrogen) atoms. The molecule has 0 aliphatic carbocycles. The van der Waals surface area contributed by atoms with Crippen molar-refractivity contribution in [2.45, 2.75) is 64.6 Å². The van der Waals surface area contributed by atoms with Gasteiger partial charge < -0.3 is 27.4 Å². The van der Waals surface area contributed by atoms with E-state index in [1.807, 2.05) is 39.8 Å². The summed E-state index contributed by atoms with van der Waals surface area (Å²) in [5.41, 5.74) is 10.2. The highest BCUT2D eigenvalue weighted by Crippen LogP contribution is 2.11. The number of carbonyl (C=O) groups is 5. The summed E-state index contributed by atoms with van der Waals surface area (Å²) in [7, 11) is 3.62. The van der Waals surface area contributed by atoms with Crippen molar-refractivity contribution in [1.82, 2.24) is 20.9 Å². The van der Waals surface area contributed by atoms with Crippen LogP contribution in [0.1, 0.15) is 46.5 Å². The van der Waals surface area contributed by atoms with Crippen molar-refractivity contribution in [3.63, 3.8) is 0 Å². The van der Waals surface area contributed by atoms with Crippen LogP contribution in [0.2, 0.25) is 0 Å². The largest absolute Gasteiger partial charge is 0.369 e. The highest BCUT2D eigenvalue weighted by molar-refractivity contribution is 8.00. The maximum atomic E-state index is 13.1. The number of likely N-dealkylation sites (N-methyl/N-ethyl adjacent to an activating group) is 1. The number of thioether (sulfide) groups is 1. The quantitative estimate of drug-likeness (QED) is 0.173. The normalized spacial score (nSPS) is 13.8. The number of hydrogen-bond donors (Lipinski definition) is 5. The van der Waals surface area contributed by atoms with Gasteiger partial charge in [0.15, 0.2) is 0 Å². The van der Waals surface area contributed by atoms with Gasteiger partial charge in [0.25, 0.3) is 0 Å². The molecule has 0 aromatic heterocycles. The van der Waals surface area contributed by atoms with Crippen molar-refractivity contribution in [2.24, 2.45) is 17.4 Å². The number of nitrogens with zero attached hydrogens (tertiary/aromatic N) is 1. The van der Waals surface area contributed by atoms with Gasteiger partial charge in [-0.05, 0) is 32.9 Å². The Morgan fingerprint density at radius 3 is 2.00 bits per heavy atom. The predicted octanol–water partition coefficient (Wildman–Crippen LogP) is -1.06. The molecule has 7 N–H and O–H groups in total. The molecule has 0 aliphatic heterocycles. The van der Waals surface area contributed by atoms with Crippen LogP contribution in [-0.2, 0) is 24.0 Å². The Balaban J connectivity index is 5.44. The highest BCUT2D eigenvalue weighted by Gasteiger charge is 2.30. The molecule has 0 rings (SSSR count). The fourth-order valence-corrected chi connectivity index (χ4v) is 3.81. The zero-order chi connectivity index (χ0) is 25.6. The first-order valence-electron chi connectivity index (χ1n) is 11.1. The van der Waals surface area contributed by atoms with Crippen LogP contribution in [0.25, 0.3) is 0 Å². The summed E-state index contributed by atoms with van der Waals surface area (Å²) >= 11 is 1.07. The van der Waals surface area contributed by atoms with Crippen LogP contribution in [0.3, 0.4) is 0 Å². The Morgan fingerprint density at radius 2 is 1.52 bits per heavy atom. The van der Waals surface area contributed by atoms with Gasteiger partial charge in [0, 0.05) is 5.75 Å². The lowest BCUT2D eigenvalue weighted by Gasteiger charge is -2.28. The monoisotopic (exact) mass is 488 g/mol. The van der Waals surface area contributed by atoms with Gasteiger partial charge in [-0.2, -0.15) is 0 Å². The van der Waals surface area contributed by atoms with Crippen molar-refractivity contribution in [1.29, 1.82) is 0 Å². The van der Waals surface area contributed by atoms with Gasteiger partial charge in [0.2, 0.25) is 29.5 Å². The van der Waals surface area contributed by atoms with Gasteiger partial charge in [-0.25, -0.2) is 0 Å². The first-order chi connectivity index (χ1) is 15.4. The summed E-state index contributed by atoms with van der Waals surface area (Å²) in [5, 5.41) is 7.81. The molecule has 0 aromatic carbocycles. The first kappa shape index (κ1) is 30.7. The number of hydrogen-bond acceptors (Lipinski definition) is 7. The number of amides is 5. The molecular formula is C21H40N6O5S. The molecule has 190 valence electrons. The van der Waals surface area contributed by atoms with Crippen LogP contribution >= 0.6 is 11.8 Å². The van der Waals surface area contributed by atoms with Gasteiger partial charge in [0.1, 0.15) is 12.1 Å². The van der Waals surface area contributed by atoms with E-state index in [-0.39, 0.29) is 35.9 Å². The van der Waals surface area contributed by atoms with E-state index in [1.54, 1.807) is 0 Å². The molecule has 0 aromatic rings. The molecule has 11 nitrogen and oxygen atoms in total. The number of rotatable bonds is 17. The lowest BCUT2D eigenvalue weighted by Crippen LogP contribution is -2.57. The second-order valence-electron chi connectivity index (χ2n) is 8.54. The van der Waals surface area contributed by atoms with Crippen molar-refractivity contribution >= 4 is 41.3 Å². The standard InChI is InChI=1S/C21H40N6O5S/c1-6-7-8-16(27(4)5)21(32)25-14(9-13(2)3)20(31)26-15(11-33-12-18(23)29)19(30)24-10-17(22)28/h13-16H,6-12H2,1-5H3,(H2,22,28)(H2,23,29)(H,24,30)(H,25,32)(H,26,31)/t14-,15-,16-/m0/s1. The van der Waals surface area contributed by atoms with Crippen molar-refractivity contribution < 1.29 is 24.0 Å². The Bertz CT molecular complexity index is 674. The minimum atomic E-state index is -1.04. The maximum absolute atomic E-state index is 13.1. The lowest BCUT2D eigenvalue weighted by molar-refractivity contribution is -0.133. The fourth-order valence-electron chi connectivity index (χ4n) is 3.02. The molecule has 3 atom stereocenters. The third-order valence-corrected chi connectivity index (χ3v) is 5.75. The van der Waals surface area contributed by atoms with E-state index in [0.717, 1.165) is 24.6 Å². The molecule has 0 spiro atoms. The van der Waals surface area contributed by atoms with Crippen LogP contribution in [0.15, 0.2) is 0 Å². The van der Waals surface area contributed by atoms with Crippen molar-refractivity contribution in [2.75, 3.05) is 32.1 Å². The van der Waals surface area contributed by atoms with Crippen LogP contribution in [0.5, 0.6) is 0 Å². The molecule has 5 amide bonds. The molecule has 0 aliphatic rings. The van der Waals surface area contributed by atoms with E-state index in [4.69, 9.17) is 11.5 Å². The molecule has 0 saturated carbocycles. The summed E-state index contributed by atoms with van der Waals surface area (Å²) in [6.07, 6.45) is 2.85. The third-order valence-electron chi connectivity index (χ3n) is 4.70. The molecule has 12 heteroatoms. The van der Waals surface area contributed by atoms with E-state index in [1.165, 1.54) is 0 Å². The van der Waals surface area contributed by atoms with Gasteiger partial charge in [-0.15, -0.1) is 11.8 Å². The highest BCUT2D eigenvalue weighted by atomic mass is 32.2. The molecule has 0 unspecified atom stereocenters. The van der Waals surface area contributed by atoms with Crippen LogP contribution < -0.4 is 27.4 Å². The van der Waals surface area contributed by atoms with Gasteiger partial charge >= 0.3 is 0 Å². The average Bonchev–Trinajstić information content (AvgIpc) is 2.70. The molecular weight excluding hydrogens is 448 g/mol. The summed E-state index contributed by atoms with van der Waals surface area (Å²) in [4.78, 5) is 62.3. The Labute approximate surface area is 200 Å². The molecule has 0 saturated heterocycles. The zero-order valence-corrected chi connectivity index (χ0v) is 21.1. The number of unbranched alkanes of at least 4 members (excludes halogenated alkanes) is 1. The second-order valence-corrected chi connectivity index (χ2v) is 9.57. The Hall–Kier alpha value is -2.34. The van der Waals surface area contributed by atoms with E-state index in [2.05, 4.69) is 16.0 Å². The van der Waals surface area contributed by atoms with E-state index in [9.17, 15) is 24.0 Å². The van der Waals surface area contributed by atoms with Crippen molar-refractivity contribution in [3.05, 3.63) is 0 Å². The molecule has 0 fully saturated rings. The van der Waals surface area contributed by atoms with Gasteiger partial charge in [0.05, 0.1) is 18.3 Å². The maximum Gasteiger partial charge on any atom is 0.243 e. The lowest BCUT2D eigenvalue weighted by atomic mass is 10.0. The second kappa shape index (κ2) is 16.3. The predicted molar refractivity (Wildman–Crippen MR) is 129 cm³/mol. The number of primary amides is 2. The topological polar surface area (TPSA) is 177 Å². The molecule has 0 heterocycles. The molecule has 0 bridgehead atoms. The number of nitrogens with two attached hydrogens (primary N) is 2. The van der Waals surface area contributed by atoms with Crippen LogP contribution in [0.4, 0.5) is 0 Å². The van der Waals surface area contributed by atoms with Crippen LogP contribution in [-0.4, -0.2) is 84.7 Å². The smallest absolute Gasteiger partial charge is 0.243 e. The Kier molecular flexibility index (Phi) is 15.1. The number of nitrogens with one attached hydrogen (secondary N) is 3. The van der Waals surface area contributed by atoms with Crippen molar-refractivity contribution in [3.8, 4) is 0 Å². The minimum Gasteiger partial charge on any atom is -0.369 e. The van der Waals surface area contributed by atoms with Gasteiger partial charge in [-0.1, -0.05) is 33.6 Å². The van der Waals surface area contributed by atoms with E-state index >= 15 is 0 Å². The van der Waals surface area contributed by atoms with Crippen LogP contribution in [0, 0.1) is 5.92 Å². The first-order valence-corrected chi connectivity index (χ1v) is 12.2. The summed E-state index contributed by atoms with van der Waals surface area (Å²) in [5.74, 6) is -2.58.